The first-order valence-corrected chi connectivity index (χ1v) is 11.3. The predicted octanol–water partition coefficient (Wildman–Crippen LogP) is -0.386. The van der Waals surface area contributed by atoms with Crippen molar-refractivity contribution >= 4 is 36.3 Å². The molecule has 0 spiro atoms. The average Bonchev–Trinajstić information content (AvgIpc) is 2.68. The first kappa shape index (κ1) is 29.1. The van der Waals surface area contributed by atoms with E-state index in [2.05, 4.69) is 28.6 Å². The topological polar surface area (TPSA) is 177 Å². The molecule has 0 saturated heterocycles. The van der Waals surface area contributed by atoms with Crippen molar-refractivity contribution in [2.24, 2.45) is 23.3 Å². The summed E-state index contributed by atoms with van der Waals surface area (Å²) >= 11 is 3.93. The van der Waals surface area contributed by atoms with E-state index in [1.54, 1.807) is 13.8 Å². The molecule has 4 unspecified atom stereocenters. The maximum absolute atomic E-state index is 12.9. The van der Waals surface area contributed by atoms with E-state index >= 15 is 0 Å². The average molecular weight is 462 g/mol. The molecule has 0 aromatic rings. The summed E-state index contributed by atoms with van der Waals surface area (Å²) in [6, 6.07) is -3.78. The van der Waals surface area contributed by atoms with E-state index in [-0.39, 0.29) is 17.6 Å². The highest BCUT2D eigenvalue weighted by atomic mass is 32.1. The van der Waals surface area contributed by atoms with E-state index in [0.717, 1.165) is 6.42 Å². The maximum Gasteiger partial charge on any atom is 0.327 e. The van der Waals surface area contributed by atoms with Gasteiger partial charge in [0.1, 0.15) is 18.1 Å². The van der Waals surface area contributed by atoms with Crippen molar-refractivity contribution in [3.8, 4) is 0 Å². The maximum atomic E-state index is 12.9. The fourth-order valence-corrected chi connectivity index (χ4v) is 3.10. The molecule has 10 nitrogen and oxygen atoms in total. The number of hydrogen-bond donors (Lipinski definition) is 7. The Morgan fingerprint density at radius 2 is 1.48 bits per heavy atom. The van der Waals surface area contributed by atoms with E-state index in [1.807, 2.05) is 13.8 Å². The number of carboxylic acids is 1. The summed E-state index contributed by atoms with van der Waals surface area (Å²) in [6.07, 6.45) is 2.27. The monoisotopic (exact) mass is 461 g/mol. The molecule has 0 aromatic heterocycles. The summed E-state index contributed by atoms with van der Waals surface area (Å²) in [5, 5.41) is 16.8. The van der Waals surface area contributed by atoms with Gasteiger partial charge in [0, 0.05) is 5.75 Å². The Labute approximate surface area is 190 Å². The second-order valence-electron chi connectivity index (χ2n) is 8.39. The Balaban J connectivity index is 5.25. The zero-order valence-electron chi connectivity index (χ0n) is 18.9. The lowest BCUT2D eigenvalue weighted by atomic mass is 9.99. The lowest BCUT2D eigenvalue weighted by molar-refractivity contribution is -0.142. The molecular formula is C20H39N5O5S. The SMILES string of the molecule is CC(C)CC(NC(=O)C(N)CCCCN)C(=O)NC(C(=O)NC(CS)C(=O)O)C(C)C. The zero-order chi connectivity index (χ0) is 24.1. The Bertz CT molecular complexity index is 603. The number of nitrogens with two attached hydrogens (primary N) is 2. The summed E-state index contributed by atoms with van der Waals surface area (Å²) in [5.74, 6) is -3.12. The lowest BCUT2D eigenvalue weighted by Crippen LogP contribution is -2.58. The van der Waals surface area contributed by atoms with E-state index in [4.69, 9.17) is 16.6 Å². The highest BCUT2D eigenvalue weighted by molar-refractivity contribution is 7.80. The van der Waals surface area contributed by atoms with Gasteiger partial charge < -0.3 is 32.5 Å². The molecule has 0 bridgehead atoms. The second kappa shape index (κ2) is 15.0. The van der Waals surface area contributed by atoms with Crippen molar-refractivity contribution < 1.29 is 24.3 Å². The predicted molar refractivity (Wildman–Crippen MR) is 122 cm³/mol. The molecule has 8 N–H and O–H groups in total. The Morgan fingerprint density at radius 3 is 1.94 bits per heavy atom. The second-order valence-corrected chi connectivity index (χ2v) is 8.76. The minimum absolute atomic E-state index is 0.0894. The number of carboxylic acid groups (broad SMARTS) is 1. The Morgan fingerprint density at radius 1 is 0.903 bits per heavy atom. The van der Waals surface area contributed by atoms with Gasteiger partial charge >= 0.3 is 5.97 Å². The van der Waals surface area contributed by atoms with Gasteiger partial charge in [0.15, 0.2) is 0 Å². The van der Waals surface area contributed by atoms with Crippen LogP contribution in [0.3, 0.4) is 0 Å². The number of unbranched alkanes of at least 4 members (excludes halogenated alkanes) is 1. The fraction of sp³-hybridized carbons (Fsp3) is 0.800. The normalized spacial score (nSPS) is 15.1. The van der Waals surface area contributed by atoms with E-state index in [1.165, 1.54) is 0 Å². The third kappa shape index (κ3) is 11.4. The van der Waals surface area contributed by atoms with Crippen molar-refractivity contribution in [1.29, 1.82) is 0 Å². The van der Waals surface area contributed by atoms with Gasteiger partial charge in [-0.15, -0.1) is 0 Å². The number of rotatable bonds is 15. The van der Waals surface area contributed by atoms with Gasteiger partial charge in [-0.2, -0.15) is 12.6 Å². The Hall–Kier alpha value is -1.85. The minimum Gasteiger partial charge on any atom is -0.480 e. The molecule has 11 heteroatoms. The third-order valence-corrected chi connectivity index (χ3v) is 5.06. The van der Waals surface area contributed by atoms with Gasteiger partial charge in [-0.3, -0.25) is 14.4 Å². The largest absolute Gasteiger partial charge is 0.480 e. The molecule has 31 heavy (non-hydrogen) atoms. The molecule has 0 aliphatic rings. The summed E-state index contributed by atoms with van der Waals surface area (Å²) in [4.78, 5) is 49.1. The molecule has 0 aliphatic heterocycles. The van der Waals surface area contributed by atoms with Crippen LogP contribution in [0.1, 0.15) is 53.4 Å². The van der Waals surface area contributed by atoms with E-state index < -0.39 is 47.9 Å². The summed E-state index contributed by atoms with van der Waals surface area (Å²) in [6.45, 7) is 7.78. The third-order valence-electron chi connectivity index (χ3n) is 4.69. The zero-order valence-corrected chi connectivity index (χ0v) is 19.8. The van der Waals surface area contributed by atoms with Crippen molar-refractivity contribution in [3.63, 3.8) is 0 Å². The summed E-state index contributed by atoms with van der Waals surface area (Å²) in [5.41, 5.74) is 11.4. The molecule has 0 aliphatic carbocycles. The standard InChI is InChI=1S/C20H39N5O5S/c1-11(2)9-14(23-17(26)13(22)7-5-6-8-21)18(27)25-16(12(3)4)19(28)24-15(10-31)20(29)30/h11-16,31H,5-10,21-22H2,1-4H3,(H,23,26)(H,24,28)(H,25,27)(H,29,30). The number of carbonyl (C=O) groups excluding carboxylic acids is 3. The van der Waals surface area contributed by atoms with Gasteiger partial charge in [-0.25, -0.2) is 4.79 Å². The highest BCUT2D eigenvalue weighted by Crippen LogP contribution is 2.09. The quantitative estimate of drug-likeness (QED) is 0.128. The van der Waals surface area contributed by atoms with Crippen molar-refractivity contribution in [1.82, 2.24) is 16.0 Å². The number of aliphatic carboxylic acids is 1. The van der Waals surface area contributed by atoms with Crippen molar-refractivity contribution in [3.05, 3.63) is 0 Å². The molecule has 0 heterocycles. The van der Waals surface area contributed by atoms with Crippen molar-refractivity contribution in [2.45, 2.75) is 77.5 Å². The number of hydrogen-bond acceptors (Lipinski definition) is 7. The lowest BCUT2D eigenvalue weighted by Gasteiger charge is -2.27. The van der Waals surface area contributed by atoms with Crippen LogP contribution in [0.5, 0.6) is 0 Å². The number of nitrogens with one attached hydrogen (secondary N) is 3. The molecule has 0 rings (SSSR count). The van der Waals surface area contributed by atoms with Crippen LogP contribution in [0.15, 0.2) is 0 Å². The van der Waals surface area contributed by atoms with Gasteiger partial charge in [0.25, 0.3) is 0 Å². The summed E-state index contributed by atoms with van der Waals surface area (Å²) < 4.78 is 0. The molecule has 0 saturated carbocycles. The Kier molecular flexibility index (Phi) is 14.1. The van der Waals surface area contributed by atoms with Crippen molar-refractivity contribution in [2.75, 3.05) is 12.3 Å². The van der Waals surface area contributed by atoms with Crippen LogP contribution in [0.4, 0.5) is 0 Å². The van der Waals surface area contributed by atoms with Crippen LogP contribution >= 0.6 is 12.6 Å². The molecule has 0 fully saturated rings. The molecule has 0 aromatic carbocycles. The molecule has 4 atom stereocenters. The van der Waals surface area contributed by atoms with E-state index in [0.29, 0.717) is 25.8 Å². The van der Waals surface area contributed by atoms with Crippen LogP contribution in [0, 0.1) is 11.8 Å². The molecule has 3 amide bonds. The van der Waals surface area contributed by atoms with Gasteiger partial charge in [-0.05, 0) is 37.6 Å². The van der Waals surface area contributed by atoms with Gasteiger partial charge in [0.05, 0.1) is 6.04 Å². The van der Waals surface area contributed by atoms with Crippen LogP contribution in [-0.2, 0) is 19.2 Å². The van der Waals surface area contributed by atoms with Crippen LogP contribution < -0.4 is 27.4 Å². The van der Waals surface area contributed by atoms with Gasteiger partial charge in [0.2, 0.25) is 17.7 Å². The number of thiol groups is 1. The molecule has 180 valence electrons. The highest BCUT2D eigenvalue weighted by Gasteiger charge is 2.31. The minimum atomic E-state index is -1.22. The molecular weight excluding hydrogens is 422 g/mol. The molecule has 0 radical (unpaired) electrons. The van der Waals surface area contributed by atoms with Crippen LogP contribution in [-0.4, -0.2) is 65.3 Å². The first-order chi connectivity index (χ1) is 14.4. The first-order valence-electron chi connectivity index (χ1n) is 10.6. The smallest absolute Gasteiger partial charge is 0.327 e. The number of carbonyl (C=O) groups is 4. The van der Waals surface area contributed by atoms with Gasteiger partial charge in [-0.1, -0.05) is 34.1 Å². The van der Waals surface area contributed by atoms with Crippen LogP contribution in [0.2, 0.25) is 0 Å². The van der Waals surface area contributed by atoms with Crippen LogP contribution in [0.25, 0.3) is 0 Å². The fourth-order valence-electron chi connectivity index (χ4n) is 2.86. The van der Waals surface area contributed by atoms with E-state index in [9.17, 15) is 19.2 Å². The number of amides is 3. The summed E-state index contributed by atoms with van der Waals surface area (Å²) in [7, 11) is 0.